The lowest BCUT2D eigenvalue weighted by molar-refractivity contribution is 0.160. The van der Waals surface area contributed by atoms with Crippen LogP contribution in [-0.2, 0) is 4.43 Å². The van der Waals surface area contributed by atoms with Crippen LogP contribution in [-0.4, -0.2) is 27.6 Å². The van der Waals surface area contributed by atoms with Gasteiger partial charge in [0.05, 0.1) is 12.2 Å². The van der Waals surface area contributed by atoms with Crippen molar-refractivity contribution in [2.75, 3.05) is 18.5 Å². The van der Waals surface area contributed by atoms with Gasteiger partial charge in [-0.15, -0.1) is 0 Å². The van der Waals surface area contributed by atoms with E-state index in [1.165, 1.54) is 0 Å². The third-order valence-electron chi connectivity index (χ3n) is 4.46. The van der Waals surface area contributed by atoms with E-state index in [0.29, 0.717) is 0 Å². The molecule has 21 heavy (non-hydrogen) atoms. The third-order valence-corrected chi connectivity index (χ3v) is 9.50. The number of benzene rings is 1. The van der Waals surface area contributed by atoms with Gasteiger partial charge in [0.15, 0.2) is 8.32 Å². The summed E-state index contributed by atoms with van der Waals surface area (Å²) in [6.45, 7) is 13.0. The summed E-state index contributed by atoms with van der Waals surface area (Å²) in [6, 6.07) is 6.07. The predicted octanol–water partition coefficient (Wildman–Crippen LogP) is 5.03. The van der Waals surface area contributed by atoms with Crippen molar-refractivity contribution >= 4 is 29.9 Å². The standard InChI is InChI=1S/C16H26BrNO2Si/c1-16(2,3)21(4,5)19-9-8-13-11-18-14-10-12(17)6-7-15(14)20-13/h6-7,10,13,18H,8-9,11H2,1-5H3. The first-order valence-corrected chi connectivity index (χ1v) is 11.2. The topological polar surface area (TPSA) is 30.5 Å². The van der Waals surface area contributed by atoms with Gasteiger partial charge in [0.1, 0.15) is 11.9 Å². The smallest absolute Gasteiger partial charge is 0.191 e. The van der Waals surface area contributed by atoms with E-state index in [0.717, 1.165) is 35.5 Å². The minimum Gasteiger partial charge on any atom is -0.486 e. The van der Waals surface area contributed by atoms with Gasteiger partial charge >= 0.3 is 0 Å². The normalized spacial score (nSPS) is 18.7. The van der Waals surface area contributed by atoms with Crippen molar-refractivity contribution in [3.05, 3.63) is 22.7 Å². The van der Waals surface area contributed by atoms with Crippen molar-refractivity contribution in [3.63, 3.8) is 0 Å². The Hall–Kier alpha value is -0.523. The Bertz CT molecular complexity index is 500. The first-order chi connectivity index (χ1) is 9.69. The molecule has 1 heterocycles. The van der Waals surface area contributed by atoms with E-state index >= 15 is 0 Å². The molecule has 1 aromatic rings. The summed E-state index contributed by atoms with van der Waals surface area (Å²) >= 11 is 3.48. The number of hydrogen-bond acceptors (Lipinski definition) is 3. The van der Waals surface area contributed by atoms with Crippen molar-refractivity contribution in [1.82, 2.24) is 0 Å². The van der Waals surface area contributed by atoms with Crippen molar-refractivity contribution in [3.8, 4) is 5.75 Å². The summed E-state index contributed by atoms with van der Waals surface area (Å²) < 4.78 is 13.3. The van der Waals surface area contributed by atoms with Crippen LogP contribution < -0.4 is 10.1 Å². The van der Waals surface area contributed by atoms with Gasteiger partial charge in [0.2, 0.25) is 0 Å². The van der Waals surface area contributed by atoms with Gasteiger partial charge < -0.3 is 14.5 Å². The molecule has 5 heteroatoms. The Morgan fingerprint density at radius 3 is 2.76 bits per heavy atom. The zero-order valence-electron chi connectivity index (χ0n) is 13.6. The van der Waals surface area contributed by atoms with Crippen LogP contribution in [0.4, 0.5) is 5.69 Å². The Morgan fingerprint density at radius 1 is 1.38 bits per heavy atom. The van der Waals surface area contributed by atoms with Gasteiger partial charge in [-0.1, -0.05) is 36.7 Å². The second-order valence-corrected chi connectivity index (χ2v) is 12.9. The van der Waals surface area contributed by atoms with E-state index in [-0.39, 0.29) is 11.1 Å². The molecule has 1 aliphatic rings. The van der Waals surface area contributed by atoms with Crippen LogP contribution in [0.3, 0.4) is 0 Å². The van der Waals surface area contributed by atoms with Gasteiger partial charge in [0, 0.05) is 17.5 Å². The number of ether oxygens (including phenoxy) is 1. The summed E-state index contributed by atoms with van der Waals surface area (Å²) in [6.07, 6.45) is 1.11. The quantitative estimate of drug-likeness (QED) is 0.752. The minimum atomic E-state index is -1.65. The molecule has 3 nitrogen and oxygen atoms in total. The maximum Gasteiger partial charge on any atom is 0.191 e. The average Bonchev–Trinajstić information content (AvgIpc) is 2.37. The number of rotatable bonds is 4. The van der Waals surface area contributed by atoms with Gasteiger partial charge in [-0.05, 0) is 36.3 Å². The maximum absolute atomic E-state index is 6.23. The molecule has 0 saturated carbocycles. The molecule has 2 rings (SSSR count). The molecule has 0 amide bonds. The van der Waals surface area contributed by atoms with Crippen LogP contribution in [0.25, 0.3) is 0 Å². The van der Waals surface area contributed by atoms with Crippen LogP contribution >= 0.6 is 15.9 Å². The Balaban J connectivity index is 1.85. The maximum atomic E-state index is 6.23. The molecule has 1 aliphatic heterocycles. The summed E-state index contributed by atoms with van der Waals surface area (Å²) in [5, 5.41) is 3.69. The largest absolute Gasteiger partial charge is 0.486 e. The summed E-state index contributed by atoms with van der Waals surface area (Å²) in [7, 11) is -1.65. The van der Waals surface area contributed by atoms with E-state index in [9.17, 15) is 0 Å². The molecule has 0 radical (unpaired) electrons. The van der Waals surface area contributed by atoms with Crippen LogP contribution in [0.15, 0.2) is 22.7 Å². The zero-order valence-corrected chi connectivity index (χ0v) is 16.2. The first kappa shape index (κ1) is 16.8. The van der Waals surface area contributed by atoms with Crippen LogP contribution in [0.2, 0.25) is 18.1 Å². The highest BCUT2D eigenvalue weighted by molar-refractivity contribution is 9.10. The third kappa shape index (κ3) is 4.24. The monoisotopic (exact) mass is 371 g/mol. The number of nitrogens with one attached hydrogen (secondary N) is 1. The van der Waals surface area contributed by atoms with Crippen molar-refractivity contribution in [2.24, 2.45) is 0 Å². The molecule has 1 N–H and O–H groups in total. The first-order valence-electron chi connectivity index (χ1n) is 7.53. The fourth-order valence-corrected chi connectivity index (χ4v) is 3.43. The molecule has 0 fully saturated rings. The average molecular weight is 372 g/mol. The molecule has 0 aliphatic carbocycles. The van der Waals surface area contributed by atoms with Crippen molar-refractivity contribution < 1.29 is 9.16 Å². The fourth-order valence-electron chi connectivity index (χ4n) is 2.01. The SMILES string of the molecule is CC(C)(C)[Si](C)(C)OCCC1CNc2cc(Br)ccc2O1. The molecule has 1 unspecified atom stereocenters. The zero-order chi connectivity index (χ0) is 15.7. The second-order valence-electron chi connectivity index (χ2n) is 7.16. The number of hydrogen-bond donors (Lipinski definition) is 1. The lowest BCUT2D eigenvalue weighted by atomic mass is 10.2. The highest BCUT2D eigenvalue weighted by atomic mass is 79.9. The van der Waals surface area contributed by atoms with Crippen LogP contribution in [0.5, 0.6) is 5.75 Å². The molecular formula is C16H26BrNO2Si. The summed E-state index contributed by atoms with van der Waals surface area (Å²) in [5.41, 5.74) is 1.06. The van der Waals surface area contributed by atoms with E-state index in [4.69, 9.17) is 9.16 Å². The van der Waals surface area contributed by atoms with Crippen LogP contribution in [0, 0.1) is 0 Å². The van der Waals surface area contributed by atoms with E-state index < -0.39 is 8.32 Å². The Kier molecular flexibility index (Phi) is 5.06. The van der Waals surface area contributed by atoms with E-state index in [1.54, 1.807) is 0 Å². The molecule has 0 bridgehead atoms. The lowest BCUT2D eigenvalue weighted by Crippen LogP contribution is -2.42. The Labute approximate surface area is 137 Å². The summed E-state index contributed by atoms with van der Waals surface area (Å²) in [4.78, 5) is 0. The fraction of sp³-hybridized carbons (Fsp3) is 0.625. The molecular weight excluding hydrogens is 346 g/mol. The molecule has 0 aromatic heterocycles. The number of anilines is 1. The molecule has 0 saturated heterocycles. The molecule has 1 aromatic carbocycles. The highest BCUT2D eigenvalue weighted by Gasteiger charge is 2.37. The highest BCUT2D eigenvalue weighted by Crippen LogP contribution is 2.37. The van der Waals surface area contributed by atoms with Gasteiger partial charge in [-0.2, -0.15) is 0 Å². The molecule has 118 valence electrons. The summed E-state index contributed by atoms with van der Waals surface area (Å²) in [5.74, 6) is 0.932. The number of halogens is 1. The molecule has 1 atom stereocenters. The van der Waals surface area contributed by atoms with Gasteiger partial charge in [-0.3, -0.25) is 0 Å². The lowest BCUT2D eigenvalue weighted by Gasteiger charge is -2.37. The van der Waals surface area contributed by atoms with Crippen molar-refractivity contribution in [1.29, 1.82) is 0 Å². The van der Waals surface area contributed by atoms with Crippen molar-refractivity contribution in [2.45, 2.75) is 51.4 Å². The van der Waals surface area contributed by atoms with Crippen LogP contribution in [0.1, 0.15) is 27.2 Å². The minimum absolute atomic E-state index is 0.184. The molecule has 0 spiro atoms. The van der Waals surface area contributed by atoms with E-state index in [1.807, 2.05) is 12.1 Å². The number of fused-ring (bicyclic) bond motifs is 1. The van der Waals surface area contributed by atoms with Gasteiger partial charge in [-0.25, -0.2) is 0 Å². The predicted molar refractivity (Wildman–Crippen MR) is 94.8 cm³/mol. The van der Waals surface area contributed by atoms with Gasteiger partial charge in [0.25, 0.3) is 0 Å². The van der Waals surface area contributed by atoms with E-state index in [2.05, 4.69) is 61.2 Å². The second kappa shape index (κ2) is 6.30. The Morgan fingerprint density at radius 2 is 2.10 bits per heavy atom.